The van der Waals surface area contributed by atoms with Gasteiger partial charge in [-0.05, 0) is 31.0 Å². The lowest BCUT2D eigenvalue weighted by atomic mass is 10.1. The summed E-state index contributed by atoms with van der Waals surface area (Å²) >= 11 is 3.46. The molecule has 0 atom stereocenters. The molecule has 0 aliphatic heterocycles. The SMILES string of the molecule is O=c1cc(-c2ccccc2)oc2ccc(OCCCCCCCCBr)cc12. The summed E-state index contributed by atoms with van der Waals surface area (Å²) in [4.78, 5) is 12.5. The molecule has 2 aromatic carbocycles. The predicted molar refractivity (Wildman–Crippen MR) is 115 cm³/mol. The molecule has 27 heavy (non-hydrogen) atoms. The van der Waals surface area contributed by atoms with E-state index in [1.807, 2.05) is 42.5 Å². The third-order valence-corrected chi connectivity index (χ3v) is 5.11. The summed E-state index contributed by atoms with van der Waals surface area (Å²) in [5.41, 5.74) is 1.43. The van der Waals surface area contributed by atoms with Gasteiger partial charge in [-0.1, -0.05) is 71.9 Å². The molecular weight excluding hydrogens is 404 g/mol. The van der Waals surface area contributed by atoms with Gasteiger partial charge in [-0.3, -0.25) is 4.79 Å². The first-order chi connectivity index (χ1) is 13.3. The molecule has 0 radical (unpaired) electrons. The van der Waals surface area contributed by atoms with E-state index in [0.717, 1.165) is 23.1 Å². The highest BCUT2D eigenvalue weighted by Crippen LogP contribution is 2.24. The molecule has 4 heteroatoms. The van der Waals surface area contributed by atoms with Crippen LogP contribution in [0, 0.1) is 0 Å². The summed E-state index contributed by atoms with van der Waals surface area (Å²) in [6.07, 6.45) is 7.29. The largest absolute Gasteiger partial charge is 0.494 e. The number of fused-ring (bicyclic) bond motifs is 1. The Bertz CT molecular complexity index is 902. The standard InChI is InChI=1S/C23H25BrO3/c24-14-8-3-1-2-4-9-15-26-19-12-13-22-20(16-19)21(25)17-23(27-22)18-10-6-5-7-11-18/h5-7,10-13,16-17H,1-4,8-9,14-15H2. The van der Waals surface area contributed by atoms with E-state index < -0.39 is 0 Å². The number of ether oxygens (including phenoxy) is 1. The molecular formula is C23H25BrO3. The van der Waals surface area contributed by atoms with Gasteiger partial charge in [-0.15, -0.1) is 0 Å². The molecule has 1 heterocycles. The molecule has 0 fully saturated rings. The molecule has 1 aromatic heterocycles. The van der Waals surface area contributed by atoms with E-state index in [-0.39, 0.29) is 5.43 Å². The molecule has 0 bridgehead atoms. The zero-order chi connectivity index (χ0) is 18.9. The zero-order valence-corrected chi connectivity index (χ0v) is 17.0. The van der Waals surface area contributed by atoms with Gasteiger partial charge < -0.3 is 9.15 Å². The van der Waals surface area contributed by atoms with E-state index >= 15 is 0 Å². The van der Waals surface area contributed by atoms with Crippen LogP contribution in [0.4, 0.5) is 0 Å². The first kappa shape index (κ1) is 19.7. The molecule has 0 saturated heterocycles. The lowest BCUT2D eigenvalue weighted by Crippen LogP contribution is -2.02. The Balaban J connectivity index is 1.59. The summed E-state index contributed by atoms with van der Waals surface area (Å²) in [6.45, 7) is 0.678. The van der Waals surface area contributed by atoms with E-state index in [4.69, 9.17) is 9.15 Å². The fourth-order valence-electron chi connectivity index (χ4n) is 3.06. The van der Waals surface area contributed by atoms with Crippen molar-refractivity contribution in [2.75, 3.05) is 11.9 Å². The van der Waals surface area contributed by atoms with E-state index in [1.54, 1.807) is 12.1 Å². The van der Waals surface area contributed by atoms with Crippen LogP contribution in [0.25, 0.3) is 22.3 Å². The Morgan fingerprint density at radius 2 is 1.59 bits per heavy atom. The van der Waals surface area contributed by atoms with Gasteiger partial charge >= 0.3 is 0 Å². The first-order valence-electron chi connectivity index (χ1n) is 9.60. The average molecular weight is 429 g/mol. The number of alkyl halides is 1. The number of halogens is 1. The topological polar surface area (TPSA) is 39.4 Å². The van der Waals surface area contributed by atoms with Crippen molar-refractivity contribution in [1.82, 2.24) is 0 Å². The van der Waals surface area contributed by atoms with E-state index in [9.17, 15) is 4.79 Å². The lowest BCUT2D eigenvalue weighted by molar-refractivity contribution is 0.304. The van der Waals surface area contributed by atoms with Crippen LogP contribution in [0.5, 0.6) is 5.75 Å². The maximum absolute atomic E-state index is 12.5. The van der Waals surface area contributed by atoms with Crippen LogP contribution in [-0.2, 0) is 0 Å². The molecule has 0 amide bonds. The summed E-state index contributed by atoms with van der Waals surface area (Å²) in [7, 11) is 0. The van der Waals surface area contributed by atoms with Gasteiger partial charge in [0.1, 0.15) is 17.1 Å². The highest BCUT2D eigenvalue weighted by Gasteiger charge is 2.08. The Morgan fingerprint density at radius 3 is 2.37 bits per heavy atom. The highest BCUT2D eigenvalue weighted by atomic mass is 79.9. The normalized spacial score (nSPS) is 11.0. The van der Waals surface area contributed by atoms with E-state index in [1.165, 1.54) is 32.1 Å². The van der Waals surface area contributed by atoms with Crippen LogP contribution >= 0.6 is 15.9 Å². The Morgan fingerprint density at radius 1 is 0.852 bits per heavy atom. The molecule has 142 valence electrons. The van der Waals surface area contributed by atoms with Gasteiger partial charge in [-0.25, -0.2) is 0 Å². The highest BCUT2D eigenvalue weighted by molar-refractivity contribution is 9.09. The summed E-state index contributed by atoms with van der Waals surface area (Å²) < 4.78 is 11.7. The minimum Gasteiger partial charge on any atom is -0.494 e. The van der Waals surface area contributed by atoms with Crippen molar-refractivity contribution in [3.05, 3.63) is 64.8 Å². The first-order valence-corrected chi connectivity index (χ1v) is 10.7. The molecule has 0 N–H and O–H groups in total. The Labute approximate surface area is 168 Å². The average Bonchev–Trinajstić information content (AvgIpc) is 2.71. The van der Waals surface area contributed by atoms with Crippen molar-refractivity contribution in [2.24, 2.45) is 0 Å². The van der Waals surface area contributed by atoms with Crippen molar-refractivity contribution in [3.8, 4) is 17.1 Å². The van der Waals surface area contributed by atoms with Crippen molar-refractivity contribution in [2.45, 2.75) is 38.5 Å². The molecule has 3 aromatic rings. The molecule has 0 aliphatic rings. The molecule has 0 unspecified atom stereocenters. The van der Waals surface area contributed by atoms with Crippen molar-refractivity contribution >= 4 is 26.9 Å². The third-order valence-electron chi connectivity index (χ3n) is 4.55. The van der Waals surface area contributed by atoms with Crippen LogP contribution < -0.4 is 10.2 Å². The van der Waals surface area contributed by atoms with Crippen LogP contribution in [0.2, 0.25) is 0 Å². The Kier molecular flexibility index (Phi) is 7.52. The molecule has 3 nitrogen and oxygen atoms in total. The van der Waals surface area contributed by atoms with E-state index in [2.05, 4.69) is 15.9 Å². The van der Waals surface area contributed by atoms with Gasteiger partial charge in [-0.2, -0.15) is 0 Å². The van der Waals surface area contributed by atoms with Crippen molar-refractivity contribution in [1.29, 1.82) is 0 Å². The van der Waals surface area contributed by atoms with Crippen LogP contribution in [0.1, 0.15) is 38.5 Å². The third kappa shape index (κ3) is 5.70. The molecule has 0 saturated carbocycles. The monoisotopic (exact) mass is 428 g/mol. The second-order valence-corrected chi connectivity index (χ2v) is 7.45. The van der Waals surface area contributed by atoms with Crippen LogP contribution in [0.3, 0.4) is 0 Å². The predicted octanol–water partition coefficient (Wildman–Crippen LogP) is 6.57. The fourth-order valence-corrected chi connectivity index (χ4v) is 3.46. The van der Waals surface area contributed by atoms with Gasteiger partial charge in [0, 0.05) is 17.0 Å². The number of hydrogen-bond donors (Lipinski definition) is 0. The molecule has 3 rings (SSSR count). The van der Waals surface area contributed by atoms with Crippen LogP contribution in [-0.4, -0.2) is 11.9 Å². The minimum absolute atomic E-state index is 0.0488. The number of unbranched alkanes of at least 4 members (excludes halogenated alkanes) is 5. The summed E-state index contributed by atoms with van der Waals surface area (Å²) in [5.74, 6) is 1.31. The summed E-state index contributed by atoms with van der Waals surface area (Å²) in [5, 5.41) is 1.65. The Hall–Kier alpha value is -2.07. The summed E-state index contributed by atoms with van der Waals surface area (Å²) in [6, 6.07) is 16.7. The van der Waals surface area contributed by atoms with Gasteiger partial charge in [0.05, 0.1) is 12.0 Å². The second kappa shape index (κ2) is 10.3. The fraction of sp³-hybridized carbons (Fsp3) is 0.348. The maximum atomic E-state index is 12.5. The molecule has 0 aliphatic carbocycles. The smallest absolute Gasteiger partial charge is 0.193 e. The lowest BCUT2D eigenvalue weighted by Gasteiger charge is -2.08. The van der Waals surface area contributed by atoms with Gasteiger partial charge in [0.2, 0.25) is 0 Å². The minimum atomic E-state index is -0.0488. The number of hydrogen-bond acceptors (Lipinski definition) is 3. The quantitative estimate of drug-likeness (QED) is 0.270. The molecule has 0 spiro atoms. The zero-order valence-electron chi connectivity index (χ0n) is 15.5. The van der Waals surface area contributed by atoms with Gasteiger partial charge in [0.15, 0.2) is 5.43 Å². The van der Waals surface area contributed by atoms with Crippen molar-refractivity contribution in [3.63, 3.8) is 0 Å². The number of benzene rings is 2. The van der Waals surface area contributed by atoms with E-state index in [0.29, 0.717) is 23.3 Å². The maximum Gasteiger partial charge on any atom is 0.193 e. The van der Waals surface area contributed by atoms with Crippen LogP contribution in [0.15, 0.2) is 63.8 Å². The number of rotatable bonds is 10. The second-order valence-electron chi connectivity index (χ2n) is 6.66. The van der Waals surface area contributed by atoms with Gasteiger partial charge in [0.25, 0.3) is 0 Å². The van der Waals surface area contributed by atoms with Crippen molar-refractivity contribution < 1.29 is 9.15 Å².